The normalized spacial score (nSPS) is 12.4. The molecule has 1 aliphatic heterocycles. The molecule has 0 saturated carbocycles. The Hall–Kier alpha value is -3.61. The second kappa shape index (κ2) is 7.33. The Balaban J connectivity index is 1.46. The minimum Gasteiger partial charge on any atom is -0.486 e. The van der Waals surface area contributed by atoms with Gasteiger partial charge in [-0.05, 0) is 12.1 Å². The highest BCUT2D eigenvalue weighted by Gasteiger charge is 2.13. The highest BCUT2D eigenvalue weighted by molar-refractivity contribution is 5.91. The van der Waals surface area contributed by atoms with Crippen LogP contribution in [0.2, 0.25) is 0 Å². The van der Waals surface area contributed by atoms with E-state index in [2.05, 4.69) is 10.3 Å². The van der Waals surface area contributed by atoms with E-state index in [9.17, 15) is 9.59 Å². The number of amides is 1. The Kier molecular flexibility index (Phi) is 4.57. The van der Waals surface area contributed by atoms with Gasteiger partial charge in [0.2, 0.25) is 5.91 Å². The first-order chi connectivity index (χ1) is 13.2. The lowest BCUT2D eigenvalue weighted by atomic mass is 10.1. The maximum absolute atomic E-state index is 12.3. The van der Waals surface area contributed by atoms with Crippen LogP contribution in [0.15, 0.2) is 65.7 Å². The number of aromatic nitrogens is 2. The highest BCUT2D eigenvalue weighted by Crippen LogP contribution is 2.32. The van der Waals surface area contributed by atoms with E-state index in [1.54, 1.807) is 18.2 Å². The van der Waals surface area contributed by atoms with Crippen LogP contribution in [-0.4, -0.2) is 28.7 Å². The number of hydrogen-bond donors (Lipinski definition) is 1. The summed E-state index contributed by atoms with van der Waals surface area (Å²) in [5, 5.41) is 2.75. The summed E-state index contributed by atoms with van der Waals surface area (Å²) in [6.07, 6.45) is 1.38. The van der Waals surface area contributed by atoms with E-state index < -0.39 is 0 Å². The Labute approximate surface area is 155 Å². The summed E-state index contributed by atoms with van der Waals surface area (Å²) >= 11 is 0. The van der Waals surface area contributed by atoms with Crippen LogP contribution in [0.25, 0.3) is 11.3 Å². The molecule has 3 aromatic rings. The van der Waals surface area contributed by atoms with E-state index in [1.165, 1.54) is 17.0 Å². The molecule has 0 saturated heterocycles. The molecule has 1 N–H and O–H groups in total. The topological polar surface area (TPSA) is 82.5 Å². The summed E-state index contributed by atoms with van der Waals surface area (Å²) < 4.78 is 12.2. The van der Waals surface area contributed by atoms with Crippen LogP contribution >= 0.6 is 0 Å². The predicted molar refractivity (Wildman–Crippen MR) is 100.0 cm³/mol. The van der Waals surface area contributed by atoms with Gasteiger partial charge in [-0.3, -0.25) is 14.2 Å². The van der Waals surface area contributed by atoms with Crippen molar-refractivity contribution in [1.29, 1.82) is 0 Å². The molecule has 0 bridgehead atoms. The molecule has 0 radical (unpaired) electrons. The molecule has 0 atom stereocenters. The SMILES string of the molecule is O=C(Cn1cnc(-c2ccccc2)cc1=O)Nc1ccc2c(c1)OCCO2. The monoisotopic (exact) mass is 363 g/mol. The smallest absolute Gasteiger partial charge is 0.254 e. The van der Waals surface area contributed by atoms with Gasteiger partial charge >= 0.3 is 0 Å². The van der Waals surface area contributed by atoms with Gasteiger partial charge in [-0.15, -0.1) is 0 Å². The lowest BCUT2D eigenvalue weighted by molar-refractivity contribution is -0.116. The number of fused-ring (bicyclic) bond motifs is 1. The summed E-state index contributed by atoms with van der Waals surface area (Å²) in [5.41, 5.74) is 1.71. The van der Waals surface area contributed by atoms with Gasteiger partial charge in [0, 0.05) is 23.4 Å². The van der Waals surface area contributed by atoms with Gasteiger partial charge in [-0.1, -0.05) is 30.3 Å². The molecule has 136 valence electrons. The number of anilines is 1. The van der Waals surface area contributed by atoms with Crippen LogP contribution in [0.5, 0.6) is 11.5 Å². The first kappa shape index (κ1) is 16.8. The third-order valence-corrected chi connectivity index (χ3v) is 4.09. The van der Waals surface area contributed by atoms with Gasteiger partial charge < -0.3 is 14.8 Å². The Morgan fingerprint density at radius 2 is 1.81 bits per heavy atom. The number of hydrogen-bond acceptors (Lipinski definition) is 5. The lowest BCUT2D eigenvalue weighted by Crippen LogP contribution is -2.27. The van der Waals surface area contributed by atoms with E-state index in [-0.39, 0.29) is 18.0 Å². The second-order valence-corrected chi connectivity index (χ2v) is 6.01. The number of carbonyl (C=O) groups is 1. The molecule has 1 aromatic heterocycles. The molecule has 2 aromatic carbocycles. The van der Waals surface area contributed by atoms with Crippen molar-refractivity contribution in [1.82, 2.24) is 9.55 Å². The van der Waals surface area contributed by atoms with Gasteiger partial charge in [-0.2, -0.15) is 0 Å². The van der Waals surface area contributed by atoms with Crippen molar-refractivity contribution in [2.24, 2.45) is 0 Å². The van der Waals surface area contributed by atoms with Crippen LogP contribution < -0.4 is 20.3 Å². The minimum absolute atomic E-state index is 0.130. The van der Waals surface area contributed by atoms with Gasteiger partial charge in [-0.25, -0.2) is 4.98 Å². The maximum Gasteiger partial charge on any atom is 0.254 e. The Morgan fingerprint density at radius 1 is 1.04 bits per heavy atom. The molecule has 2 heterocycles. The van der Waals surface area contributed by atoms with Gasteiger partial charge in [0.15, 0.2) is 11.5 Å². The van der Waals surface area contributed by atoms with E-state index in [0.29, 0.717) is 36.1 Å². The number of ether oxygens (including phenoxy) is 2. The van der Waals surface area contributed by atoms with Crippen molar-refractivity contribution in [3.8, 4) is 22.8 Å². The van der Waals surface area contributed by atoms with Crippen molar-refractivity contribution in [3.63, 3.8) is 0 Å². The largest absolute Gasteiger partial charge is 0.486 e. The zero-order chi connectivity index (χ0) is 18.6. The zero-order valence-corrected chi connectivity index (χ0v) is 14.4. The molecule has 0 spiro atoms. The third-order valence-electron chi connectivity index (χ3n) is 4.09. The molecule has 0 fully saturated rings. The summed E-state index contributed by atoms with van der Waals surface area (Å²) in [4.78, 5) is 28.9. The van der Waals surface area contributed by atoms with Crippen molar-refractivity contribution in [2.45, 2.75) is 6.54 Å². The summed E-state index contributed by atoms with van der Waals surface area (Å²) in [6, 6.07) is 16.0. The molecule has 7 heteroatoms. The fourth-order valence-electron chi connectivity index (χ4n) is 2.79. The van der Waals surface area contributed by atoms with Crippen LogP contribution in [0.4, 0.5) is 5.69 Å². The van der Waals surface area contributed by atoms with Crippen LogP contribution in [0.3, 0.4) is 0 Å². The van der Waals surface area contributed by atoms with E-state index in [1.807, 2.05) is 30.3 Å². The standard InChI is InChI=1S/C20H17N3O4/c24-19(22-15-6-7-17-18(10-15)27-9-8-26-17)12-23-13-21-16(11-20(23)25)14-4-2-1-3-5-14/h1-7,10-11,13H,8-9,12H2,(H,22,24). The first-order valence-electron chi connectivity index (χ1n) is 8.50. The molecule has 27 heavy (non-hydrogen) atoms. The Morgan fingerprint density at radius 3 is 2.59 bits per heavy atom. The third kappa shape index (κ3) is 3.82. The number of carbonyl (C=O) groups excluding carboxylic acids is 1. The fraction of sp³-hybridized carbons (Fsp3) is 0.150. The van der Waals surface area contributed by atoms with Gasteiger partial charge in [0.1, 0.15) is 19.8 Å². The molecule has 1 amide bonds. The molecule has 7 nitrogen and oxygen atoms in total. The summed E-state index contributed by atoms with van der Waals surface area (Å²) in [5.74, 6) is 0.907. The lowest BCUT2D eigenvalue weighted by Gasteiger charge is -2.19. The second-order valence-electron chi connectivity index (χ2n) is 6.01. The van der Waals surface area contributed by atoms with E-state index in [4.69, 9.17) is 9.47 Å². The van der Waals surface area contributed by atoms with Crippen LogP contribution in [0.1, 0.15) is 0 Å². The fourth-order valence-corrected chi connectivity index (χ4v) is 2.79. The molecule has 1 aliphatic rings. The van der Waals surface area contributed by atoms with Crippen LogP contribution in [-0.2, 0) is 11.3 Å². The molecular formula is C20H17N3O4. The maximum atomic E-state index is 12.3. The van der Waals surface area contributed by atoms with Crippen molar-refractivity contribution < 1.29 is 14.3 Å². The Bertz CT molecular complexity index is 1030. The quantitative estimate of drug-likeness (QED) is 0.769. The van der Waals surface area contributed by atoms with Crippen molar-refractivity contribution in [3.05, 3.63) is 71.3 Å². The van der Waals surface area contributed by atoms with Crippen molar-refractivity contribution in [2.75, 3.05) is 18.5 Å². The number of nitrogens with one attached hydrogen (secondary N) is 1. The van der Waals surface area contributed by atoms with Crippen LogP contribution in [0, 0.1) is 0 Å². The number of benzene rings is 2. The predicted octanol–water partition coefficient (Wildman–Crippen LogP) is 2.32. The van der Waals surface area contributed by atoms with Gasteiger partial charge in [0.05, 0.1) is 12.0 Å². The number of nitrogens with zero attached hydrogens (tertiary/aromatic N) is 2. The average molecular weight is 363 g/mol. The highest BCUT2D eigenvalue weighted by atomic mass is 16.6. The molecular weight excluding hydrogens is 346 g/mol. The minimum atomic E-state index is -0.331. The molecule has 0 unspecified atom stereocenters. The van der Waals surface area contributed by atoms with Gasteiger partial charge in [0.25, 0.3) is 5.56 Å². The number of rotatable bonds is 4. The zero-order valence-electron chi connectivity index (χ0n) is 14.4. The van der Waals surface area contributed by atoms with Crippen molar-refractivity contribution >= 4 is 11.6 Å². The molecule has 0 aliphatic carbocycles. The average Bonchev–Trinajstić information content (AvgIpc) is 2.70. The first-order valence-corrected chi connectivity index (χ1v) is 8.50. The summed E-state index contributed by atoms with van der Waals surface area (Å²) in [6.45, 7) is 0.849. The van der Waals surface area contributed by atoms with E-state index >= 15 is 0 Å². The summed E-state index contributed by atoms with van der Waals surface area (Å²) in [7, 11) is 0. The molecule has 4 rings (SSSR count). The van der Waals surface area contributed by atoms with E-state index in [0.717, 1.165) is 5.56 Å².